The Hall–Kier alpha value is -1.22. The Labute approximate surface area is 93.9 Å². The molecule has 4 heteroatoms. The molecule has 1 rings (SSSR count). The van der Waals surface area contributed by atoms with Gasteiger partial charge >= 0.3 is 5.97 Å². The first-order chi connectivity index (χ1) is 7.04. The van der Waals surface area contributed by atoms with Gasteiger partial charge in [0.15, 0.2) is 6.10 Å². The number of carbonyl (C=O) groups excluding carboxylic acids is 1. The fraction of sp³-hybridized carbons (Fsp3) is 0.364. The van der Waals surface area contributed by atoms with Gasteiger partial charge in [-0.3, -0.25) is 0 Å². The van der Waals surface area contributed by atoms with E-state index in [0.717, 1.165) is 5.56 Å². The molecule has 0 aromatic heterocycles. The molecule has 0 amide bonds. The molecule has 1 atom stereocenters. The summed E-state index contributed by atoms with van der Waals surface area (Å²) in [6.45, 7) is 3.51. The Kier molecular flexibility index (Phi) is 3.97. The van der Waals surface area contributed by atoms with Crippen LogP contribution in [0.5, 0.6) is 5.75 Å². The van der Waals surface area contributed by atoms with Gasteiger partial charge in [-0.2, -0.15) is 0 Å². The third-order valence-corrected chi connectivity index (χ3v) is 2.21. The van der Waals surface area contributed by atoms with Crippen LogP contribution in [0.15, 0.2) is 18.2 Å². The molecule has 0 N–H and O–H groups in total. The molecule has 3 nitrogen and oxygen atoms in total. The summed E-state index contributed by atoms with van der Waals surface area (Å²) < 4.78 is 9.98. The number of hydrogen-bond acceptors (Lipinski definition) is 3. The van der Waals surface area contributed by atoms with E-state index in [0.29, 0.717) is 10.8 Å². The molecule has 0 unspecified atom stereocenters. The van der Waals surface area contributed by atoms with E-state index in [-0.39, 0.29) is 0 Å². The summed E-state index contributed by atoms with van der Waals surface area (Å²) in [4.78, 5) is 11.1. The molecular weight excluding hydrogens is 216 g/mol. The quantitative estimate of drug-likeness (QED) is 0.746. The van der Waals surface area contributed by atoms with Gasteiger partial charge in [0, 0.05) is 5.02 Å². The monoisotopic (exact) mass is 228 g/mol. The van der Waals surface area contributed by atoms with Crippen LogP contribution in [0.2, 0.25) is 5.02 Å². The van der Waals surface area contributed by atoms with Gasteiger partial charge in [0.1, 0.15) is 5.75 Å². The highest BCUT2D eigenvalue weighted by atomic mass is 35.5. The molecule has 0 radical (unpaired) electrons. The summed E-state index contributed by atoms with van der Waals surface area (Å²) in [5.74, 6) is 0.238. The second-order valence-corrected chi connectivity index (χ2v) is 3.63. The van der Waals surface area contributed by atoms with Gasteiger partial charge in [0.25, 0.3) is 0 Å². The number of halogens is 1. The minimum absolute atomic E-state index is 0.399. The summed E-state index contributed by atoms with van der Waals surface area (Å²) in [7, 11) is 1.33. The number of rotatable bonds is 3. The predicted octanol–water partition coefficient (Wildman–Crippen LogP) is 2.59. The molecule has 0 fully saturated rings. The van der Waals surface area contributed by atoms with Gasteiger partial charge in [-0.05, 0) is 37.6 Å². The van der Waals surface area contributed by atoms with Crippen LogP contribution in [0, 0.1) is 6.92 Å². The second-order valence-electron chi connectivity index (χ2n) is 3.19. The van der Waals surface area contributed by atoms with Crippen LogP contribution in [-0.4, -0.2) is 19.2 Å². The largest absolute Gasteiger partial charge is 0.479 e. The van der Waals surface area contributed by atoms with Crippen LogP contribution >= 0.6 is 11.6 Å². The number of hydrogen-bond donors (Lipinski definition) is 0. The summed E-state index contributed by atoms with van der Waals surface area (Å²) in [6.07, 6.45) is -0.616. The minimum Gasteiger partial charge on any atom is -0.479 e. The van der Waals surface area contributed by atoms with Gasteiger partial charge < -0.3 is 9.47 Å². The molecule has 0 heterocycles. The highest BCUT2D eigenvalue weighted by Gasteiger charge is 2.15. The van der Waals surface area contributed by atoms with E-state index in [1.54, 1.807) is 25.1 Å². The van der Waals surface area contributed by atoms with Crippen molar-refractivity contribution in [3.63, 3.8) is 0 Å². The van der Waals surface area contributed by atoms with Gasteiger partial charge in [-0.15, -0.1) is 0 Å². The second kappa shape index (κ2) is 5.03. The maximum absolute atomic E-state index is 11.1. The Balaban J connectivity index is 2.76. The Morgan fingerprint density at radius 1 is 1.47 bits per heavy atom. The van der Waals surface area contributed by atoms with Crippen LogP contribution in [-0.2, 0) is 9.53 Å². The highest BCUT2D eigenvalue weighted by Crippen LogP contribution is 2.22. The van der Waals surface area contributed by atoms with Gasteiger partial charge in [0.05, 0.1) is 7.11 Å². The minimum atomic E-state index is -0.616. The molecule has 15 heavy (non-hydrogen) atoms. The van der Waals surface area contributed by atoms with Crippen molar-refractivity contribution in [3.05, 3.63) is 28.8 Å². The average molecular weight is 229 g/mol. The summed E-state index contributed by atoms with van der Waals surface area (Å²) >= 11 is 5.80. The Morgan fingerprint density at radius 3 is 2.67 bits per heavy atom. The maximum atomic E-state index is 11.1. The zero-order valence-electron chi connectivity index (χ0n) is 8.91. The van der Waals surface area contributed by atoms with Crippen LogP contribution in [0.25, 0.3) is 0 Å². The van der Waals surface area contributed by atoms with E-state index in [4.69, 9.17) is 16.3 Å². The maximum Gasteiger partial charge on any atom is 0.346 e. The summed E-state index contributed by atoms with van der Waals surface area (Å²) in [5, 5.41) is 0.644. The van der Waals surface area contributed by atoms with Gasteiger partial charge in [0.2, 0.25) is 0 Å². The van der Waals surface area contributed by atoms with Crippen molar-refractivity contribution in [2.45, 2.75) is 20.0 Å². The molecule has 82 valence electrons. The molecule has 0 bridgehead atoms. The molecule has 0 aliphatic heterocycles. The van der Waals surface area contributed by atoms with Crippen molar-refractivity contribution >= 4 is 17.6 Å². The molecule has 0 spiro atoms. The number of benzene rings is 1. The lowest BCUT2D eigenvalue weighted by atomic mass is 10.2. The topological polar surface area (TPSA) is 35.5 Å². The van der Waals surface area contributed by atoms with Crippen molar-refractivity contribution < 1.29 is 14.3 Å². The average Bonchev–Trinajstić information content (AvgIpc) is 2.20. The molecule has 0 saturated carbocycles. The van der Waals surface area contributed by atoms with E-state index >= 15 is 0 Å². The molecule has 0 saturated heterocycles. The van der Waals surface area contributed by atoms with E-state index in [1.807, 2.05) is 6.92 Å². The summed E-state index contributed by atoms with van der Waals surface area (Å²) in [6, 6.07) is 5.23. The van der Waals surface area contributed by atoms with E-state index in [1.165, 1.54) is 7.11 Å². The van der Waals surface area contributed by atoms with E-state index in [9.17, 15) is 4.79 Å². The molecule has 0 aliphatic carbocycles. The molecule has 1 aromatic carbocycles. The fourth-order valence-electron chi connectivity index (χ4n) is 1.15. The van der Waals surface area contributed by atoms with Crippen LogP contribution in [0.4, 0.5) is 0 Å². The van der Waals surface area contributed by atoms with Gasteiger partial charge in [-0.1, -0.05) is 11.6 Å². The first-order valence-corrected chi connectivity index (χ1v) is 4.93. The number of methoxy groups -OCH3 is 1. The number of esters is 1. The van der Waals surface area contributed by atoms with Crippen molar-refractivity contribution in [2.24, 2.45) is 0 Å². The zero-order valence-corrected chi connectivity index (χ0v) is 9.67. The Bertz CT molecular complexity index is 363. The zero-order chi connectivity index (χ0) is 11.4. The normalized spacial score (nSPS) is 12.0. The SMILES string of the molecule is COC(=O)[C@@H](C)Oc1ccc(Cl)cc1C. The molecule has 1 aromatic rings. The number of aryl methyl sites for hydroxylation is 1. The number of carbonyl (C=O) groups is 1. The van der Waals surface area contributed by atoms with Crippen molar-refractivity contribution in [2.75, 3.05) is 7.11 Å². The summed E-state index contributed by atoms with van der Waals surface area (Å²) in [5.41, 5.74) is 0.887. The third-order valence-electron chi connectivity index (χ3n) is 1.97. The van der Waals surface area contributed by atoms with Crippen molar-refractivity contribution in [3.8, 4) is 5.75 Å². The van der Waals surface area contributed by atoms with E-state index in [2.05, 4.69) is 4.74 Å². The predicted molar refractivity (Wildman–Crippen MR) is 58.3 cm³/mol. The van der Waals surface area contributed by atoms with E-state index < -0.39 is 12.1 Å². The van der Waals surface area contributed by atoms with Crippen LogP contribution < -0.4 is 4.74 Å². The smallest absolute Gasteiger partial charge is 0.346 e. The number of ether oxygens (including phenoxy) is 2. The third kappa shape index (κ3) is 3.13. The van der Waals surface area contributed by atoms with Gasteiger partial charge in [-0.25, -0.2) is 4.79 Å². The molecule has 0 aliphatic rings. The lowest BCUT2D eigenvalue weighted by Gasteiger charge is -2.14. The standard InChI is InChI=1S/C11H13ClO3/c1-7-6-9(12)4-5-10(7)15-8(2)11(13)14-3/h4-6,8H,1-3H3/t8-/m1/s1. The highest BCUT2D eigenvalue weighted by molar-refractivity contribution is 6.30. The lowest BCUT2D eigenvalue weighted by Crippen LogP contribution is -2.25. The van der Waals surface area contributed by atoms with Crippen LogP contribution in [0.1, 0.15) is 12.5 Å². The lowest BCUT2D eigenvalue weighted by molar-refractivity contribution is -0.147. The fourth-order valence-corrected chi connectivity index (χ4v) is 1.38. The first kappa shape index (κ1) is 11.9. The van der Waals surface area contributed by atoms with Crippen molar-refractivity contribution in [1.29, 1.82) is 0 Å². The van der Waals surface area contributed by atoms with Crippen LogP contribution in [0.3, 0.4) is 0 Å². The molecular formula is C11H13ClO3. The first-order valence-electron chi connectivity index (χ1n) is 4.55. The van der Waals surface area contributed by atoms with Crippen molar-refractivity contribution in [1.82, 2.24) is 0 Å². The Morgan fingerprint density at radius 2 is 2.13 bits per heavy atom.